The number of piperidine rings is 1. The maximum atomic E-state index is 13.6. The van der Waals surface area contributed by atoms with Crippen molar-refractivity contribution in [1.82, 2.24) is 25.2 Å². The van der Waals surface area contributed by atoms with Gasteiger partial charge in [0, 0.05) is 13.1 Å². The monoisotopic (exact) mass is 531 g/mol. The van der Waals surface area contributed by atoms with Crippen LogP contribution in [0.15, 0.2) is 48.5 Å². The summed E-state index contributed by atoms with van der Waals surface area (Å²) in [5, 5.41) is 11.7. The summed E-state index contributed by atoms with van der Waals surface area (Å²) in [5.74, 6) is 1.58. The normalized spacial score (nSPS) is 19.7. The third-order valence-corrected chi connectivity index (χ3v) is 8.09. The lowest BCUT2D eigenvalue weighted by Crippen LogP contribution is -2.52. The fourth-order valence-corrected chi connectivity index (χ4v) is 5.64. The highest BCUT2D eigenvalue weighted by Gasteiger charge is 2.42. The van der Waals surface area contributed by atoms with Gasteiger partial charge < -0.3 is 19.7 Å². The number of carbonyl (C=O) groups excluding carboxylic acids is 2. The van der Waals surface area contributed by atoms with Crippen LogP contribution in [0.3, 0.4) is 0 Å². The predicted octanol–water partition coefficient (Wildman–Crippen LogP) is 4.12. The SMILES string of the molecule is COc1ccc(-n2nnc(C(=O)N3CCC4(CCCCc5ccccc5OC[C@H](C)NC4=O)CC3)c2C)cc1. The number of hydrogen-bond acceptors (Lipinski definition) is 6. The van der Waals surface area contributed by atoms with E-state index < -0.39 is 5.41 Å². The average molecular weight is 532 g/mol. The largest absolute Gasteiger partial charge is 0.497 e. The van der Waals surface area contributed by atoms with Crippen LogP contribution < -0.4 is 14.8 Å². The molecule has 2 amide bonds. The highest BCUT2D eigenvalue weighted by atomic mass is 16.5. The van der Waals surface area contributed by atoms with Gasteiger partial charge >= 0.3 is 0 Å². The molecule has 0 radical (unpaired) electrons. The Morgan fingerprint density at radius 3 is 2.56 bits per heavy atom. The Morgan fingerprint density at radius 2 is 1.82 bits per heavy atom. The molecule has 0 aliphatic carbocycles. The number of hydrogen-bond donors (Lipinski definition) is 1. The maximum Gasteiger partial charge on any atom is 0.276 e. The summed E-state index contributed by atoms with van der Waals surface area (Å²) in [6.07, 6.45) is 4.92. The Kier molecular flexibility index (Phi) is 7.86. The van der Waals surface area contributed by atoms with Crippen LogP contribution in [0.5, 0.6) is 11.5 Å². The number of aryl methyl sites for hydroxylation is 1. The van der Waals surface area contributed by atoms with Gasteiger partial charge in [0.2, 0.25) is 5.91 Å². The number of para-hydroxylation sites is 1. The summed E-state index contributed by atoms with van der Waals surface area (Å²) in [6.45, 7) is 5.27. The Hall–Kier alpha value is -3.88. The average Bonchev–Trinajstić information content (AvgIpc) is 3.35. The summed E-state index contributed by atoms with van der Waals surface area (Å²) >= 11 is 0. The smallest absolute Gasteiger partial charge is 0.276 e. The van der Waals surface area contributed by atoms with Gasteiger partial charge in [0.1, 0.15) is 18.1 Å². The molecule has 1 spiro atoms. The molecule has 2 aromatic carbocycles. The molecule has 2 aliphatic rings. The zero-order chi connectivity index (χ0) is 27.4. The number of rotatable bonds is 3. The minimum absolute atomic E-state index is 0.0705. The molecule has 2 aliphatic heterocycles. The van der Waals surface area contributed by atoms with E-state index in [-0.39, 0.29) is 17.9 Å². The van der Waals surface area contributed by atoms with E-state index in [0.717, 1.165) is 42.9 Å². The van der Waals surface area contributed by atoms with Crippen molar-refractivity contribution in [3.05, 3.63) is 65.5 Å². The summed E-state index contributed by atoms with van der Waals surface area (Å²) in [5.41, 5.74) is 2.56. The molecule has 0 saturated carbocycles. The van der Waals surface area contributed by atoms with Gasteiger partial charge in [-0.2, -0.15) is 0 Å². The molecule has 9 nitrogen and oxygen atoms in total. The van der Waals surface area contributed by atoms with Gasteiger partial charge in [-0.05, 0) is 81.8 Å². The van der Waals surface area contributed by atoms with Crippen LogP contribution in [-0.4, -0.2) is 64.6 Å². The lowest BCUT2D eigenvalue weighted by Gasteiger charge is -2.41. The number of methoxy groups -OCH3 is 1. The Labute approximate surface area is 229 Å². The number of nitrogens with one attached hydrogen (secondary N) is 1. The minimum atomic E-state index is -0.487. The van der Waals surface area contributed by atoms with Crippen LogP contribution in [0.4, 0.5) is 0 Å². The molecule has 1 aromatic heterocycles. The molecule has 1 atom stereocenters. The number of ether oxygens (including phenoxy) is 2. The number of aromatic nitrogens is 3. The highest BCUT2D eigenvalue weighted by Crippen LogP contribution is 2.38. The molecule has 39 heavy (non-hydrogen) atoms. The highest BCUT2D eigenvalue weighted by molar-refractivity contribution is 5.93. The molecule has 206 valence electrons. The van der Waals surface area contributed by atoms with Crippen molar-refractivity contribution in [2.75, 3.05) is 26.8 Å². The summed E-state index contributed by atoms with van der Waals surface area (Å²) in [4.78, 5) is 28.8. The van der Waals surface area contributed by atoms with E-state index in [1.165, 1.54) is 5.56 Å². The van der Waals surface area contributed by atoms with E-state index in [4.69, 9.17) is 9.47 Å². The molecule has 0 bridgehead atoms. The molecule has 3 heterocycles. The Morgan fingerprint density at radius 1 is 1.08 bits per heavy atom. The first-order chi connectivity index (χ1) is 18.9. The first-order valence-electron chi connectivity index (χ1n) is 13.8. The fraction of sp³-hybridized carbons (Fsp3) is 0.467. The number of fused-ring (bicyclic) bond motifs is 1. The molecule has 9 heteroatoms. The standard InChI is InChI=1S/C30H37N5O4/c1-21-20-39-26-10-5-4-8-23(26)9-6-7-15-30(29(37)31-21)16-18-34(19-17-30)28(36)27-22(2)35(33-32-27)24-11-13-25(38-3)14-12-24/h4-5,8,10-14,21H,6-7,9,15-20H2,1-3H3,(H,31,37)/t21-/m0/s1. The van der Waals surface area contributed by atoms with Crippen LogP contribution in [0.25, 0.3) is 5.69 Å². The molecule has 3 aromatic rings. The van der Waals surface area contributed by atoms with E-state index in [1.807, 2.05) is 61.2 Å². The zero-order valence-corrected chi connectivity index (χ0v) is 23.0. The fourth-order valence-electron chi connectivity index (χ4n) is 5.64. The number of likely N-dealkylation sites (tertiary alicyclic amines) is 1. The molecule has 1 saturated heterocycles. The number of amides is 2. The van der Waals surface area contributed by atoms with Crippen LogP contribution in [-0.2, 0) is 11.2 Å². The number of benzene rings is 2. The van der Waals surface area contributed by atoms with Crippen molar-refractivity contribution in [2.45, 2.75) is 58.4 Å². The first-order valence-corrected chi connectivity index (χ1v) is 13.8. The molecular formula is C30H37N5O4. The summed E-state index contributed by atoms with van der Waals surface area (Å²) in [7, 11) is 1.62. The van der Waals surface area contributed by atoms with E-state index in [0.29, 0.717) is 43.9 Å². The van der Waals surface area contributed by atoms with Gasteiger partial charge in [0.05, 0.1) is 29.9 Å². The Bertz CT molecular complexity index is 1310. The molecule has 1 N–H and O–H groups in total. The topological polar surface area (TPSA) is 98.6 Å². The van der Waals surface area contributed by atoms with Gasteiger partial charge in [0.15, 0.2) is 5.69 Å². The number of carbonyl (C=O) groups is 2. The van der Waals surface area contributed by atoms with Gasteiger partial charge in [-0.3, -0.25) is 9.59 Å². The van der Waals surface area contributed by atoms with Gasteiger partial charge in [0.25, 0.3) is 5.91 Å². The van der Waals surface area contributed by atoms with Crippen LogP contribution in [0.2, 0.25) is 0 Å². The van der Waals surface area contributed by atoms with Crippen molar-refractivity contribution in [3.63, 3.8) is 0 Å². The van der Waals surface area contributed by atoms with Crippen molar-refractivity contribution in [2.24, 2.45) is 5.41 Å². The predicted molar refractivity (Wildman–Crippen MR) is 147 cm³/mol. The van der Waals surface area contributed by atoms with Gasteiger partial charge in [-0.15, -0.1) is 5.10 Å². The zero-order valence-electron chi connectivity index (χ0n) is 23.0. The lowest BCUT2D eigenvalue weighted by atomic mass is 9.73. The number of nitrogens with zero attached hydrogens (tertiary/aromatic N) is 4. The second-order valence-electron chi connectivity index (χ2n) is 10.7. The van der Waals surface area contributed by atoms with Gasteiger partial charge in [-0.1, -0.05) is 29.8 Å². The van der Waals surface area contributed by atoms with E-state index >= 15 is 0 Å². The summed E-state index contributed by atoms with van der Waals surface area (Å²) in [6, 6.07) is 15.5. The molecule has 5 rings (SSSR count). The van der Waals surface area contributed by atoms with Crippen molar-refractivity contribution >= 4 is 11.8 Å². The second kappa shape index (κ2) is 11.5. The lowest BCUT2D eigenvalue weighted by molar-refractivity contribution is -0.135. The van der Waals surface area contributed by atoms with E-state index in [2.05, 4.69) is 21.7 Å². The third kappa shape index (κ3) is 5.62. The van der Waals surface area contributed by atoms with Gasteiger partial charge in [-0.25, -0.2) is 4.68 Å². The van der Waals surface area contributed by atoms with Crippen LogP contribution >= 0.6 is 0 Å². The second-order valence-corrected chi connectivity index (χ2v) is 10.7. The van der Waals surface area contributed by atoms with E-state index in [1.54, 1.807) is 11.8 Å². The molecule has 1 fully saturated rings. The van der Waals surface area contributed by atoms with Crippen molar-refractivity contribution in [1.29, 1.82) is 0 Å². The first kappa shape index (κ1) is 26.7. The summed E-state index contributed by atoms with van der Waals surface area (Å²) < 4.78 is 13.0. The van der Waals surface area contributed by atoms with Crippen molar-refractivity contribution in [3.8, 4) is 17.2 Å². The Balaban J connectivity index is 1.27. The van der Waals surface area contributed by atoms with E-state index in [9.17, 15) is 9.59 Å². The maximum absolute atomic E-state index is 13.6. The third-order valence-electron chi connectivity index (χ3n) is 8.09. The minimum Gasteiger partial charge on any atom is -0.497 e. The van der Waals surface area contributed by atoms with Crippen LogP contribution in [0.1, 0.15) is 60.8 Å². The van der Waals surface area contributed by atoms with Crippen molar-refractivity contribution < 1.29 is 19.1 Å². The molecular weight excluding hydrogens is 494 g/mol. The molecule has 0 unspecified atom stereocenters. The van der Waals surface area contributed by atoms with Crippen LogP contribution in [0, 0.1) is 12.3 Å². The quantitative estimate of drug-likeness (QED) is 0.546.